The zero-order chi connectivity index (χ0) is 17.2. The van der Waals surface area contributed by atoms with Gasteiger partial charge in [0.25, 0.3) is 0 Å². The van der Waals surface area contributed by atoms with Gasteiger partial charge in [0, 0.05) is 42.3 Å². The van der Waals surface area contributed by atoms with E-state index >= 15 is 0 Å². The van der Waals surface area contributed by atoms with Crippen molar-refractivity contribution in [3.63, 3.8) is 0 Å². The third-order valence-corrected chi connectivity index (χ3v) is 4.71. The Morgan fingerprint density at radius 1 is 1.24 bits per heavy atom. The predicted octanol–water partition coefficient (Wildman–Crippen LogP) is 3.72. The minimum absolute atomic E-state index is 0. The van der Waals surface area contributed by atoms with Crippen molar-refractivity contribution >= 4 is 35.8 Å². The van der Waals surface area contributed by atoms with Crippen LogP contribution in [0.4, 0.5) is 5.69 Å². The molecule has 2 rings (SSSR count). The number of amides is 1. The highest BCUT2D eigenvalue weighted by atomic mass is 35.5. The highest BCUT2D eigenvalue weighted by molar-refractivity contribution is 7.99. The fourth-order valence-electron chi connectivity index (χ4n) is 2.43. The van der Waals surface area contributed by atoms with Gasteiger partial charge in [-0.15, -0.1) is 12.4 Å². The molecule has 0 bridgehead atoms. The molecule has 25 heavy (non-hydrogen) atoms. The van der Waals surface area contributed by atoms with Gasteiger partial charge in [-0.2, -0.15) is 11.8 Å². The quantitative estimate of drug-likeness (QED) is 0.675. The Labute approximate surface area is 161 Å². The molecular weight excluding hydrogens is 360 g/mol. The number of hydrogen-bond donors (Lipinski definition) is 2. The molecule has 1 unspecified atom stereocenters. The highest BCUT2D eigenvalue weighted by Gasteiger charge is 2.17. The third kappa shape index (κ3) is 7.75. The maximum Gasteiger partial charge on any atom is 0.225 e. The van der Waals surface area contributed by atoms with Crippen LogP contribution in [0, 0.1) is 0 Å². The van der Waals surface area contributed by atoms with E-state index in [-0.39, 0.29) is 24.4 Å². The van der Waals surface area contributed by atoms with Crippen LogP contribution in [0.5, 0.6) is 11.5 Å². The lowest BCUT2D eigenvalue weighted by molar-refractivity contribution is -0.116. The van der Waals surface area contributed by atoms with Crippen LogP contribution < -0.4 is 20.1 Å². The average Bonchev–Trinajstić information content (AvgIpc) is 2.60. The van der Waals surface area contributed by atoms with Crippen molar-refractivity contribution in [2.24, 2.45) is 0 Å². The Morgan fingerprint density at radius 2 is 1.96 bits per heavy atom. The molecule has 0 aromatic heterocycles. The first-order chi connectivity index (χ1) is 11.7. The number of thioether (sulfide) groups is 1. The fourth-order valence-corrected chi connectivity index (χ4v) is 3.38. The molecule has 0 aliphatic carbocycles. The summed E-state index contributed by atoms with van der Waals surface area (Å²) in [7, 11) is 0. The number of hydrogen-bond acceptors (Lipinski definition) is 5. The van der Waals surface area contributed by atoms with E-state index in [2.05, 4.69) is 24.5 Å². The van der Waals surface area contributed by atoms with Crippen LogP contribution in [0.1, 0.15) is 33.1 Å². The van der Waals surface area contributed by atoms with Crippen LogP contribution >= 0.6 is 24.2 Å². The molecule has 142 valence electrons. The fraction of sp³-hybridized carbons (Fsp3) is 0.611. The molecular formula is C18H29ClN2O3S. The molecule has 5 nitrogen and oxygen atoms in total. The molecule has 1 aromatic carbocycles. The van der Waals surface area contributed by atoms with Crippen molar-refractivity contribution in [2.45, 2.75) is 39.2 Å². The van der Waals surface area contributed by atoms with Crippen molar-refractivity contribution in [1.82, 2.24) is 5.32 Å². The summed E-state index contributed by atoms with van der Waals surface area (Å²) in [5, 5.41) is 6.35. The second-order valence-corrected chi connectivity index (χ2v) is 6.99. The van der Waals surface area contributed by atoms with E-state index in [1.165, 1.54) is 0 Å². The van der Waals surface area contributed by atoms with E-state index in [0.29, 0.717) is 25.4 Å². The second-order valence-electron chi connectivity index (χ2n) is 5.84. The smallest absolute Gasteiger partial charge is 0.225 e. The Kier molecular flexibility index (Phi) is 10.8. The zero-order valence-electron chi connectivity index (χ0n) is 15.0. The van der Waals surface area contributed by atoms with E-state index in [4.69, 9.17) is 9.47 Å². The maximum absolute atomic E-state index is 12.2. The van der Waals surface area contributed by atoms with E-state index in [1.807, 2.05) is 30.0 Å². The van der Waals surface area contributed by atoms with Gasteiger partial charge in [0.2, 0.25) is 5.91 Å². The summed E-state index contributed by atoms with van der Waals surface area (Å²) in [6, 6.07) is 5.84. The molecule has 1 amide bonds. The monoisotopic (exact) mass is 388 g/mol. The molecule has 1 saturated heterocycles. The van der Waals surface area contributed by atoms with Gasteiger partial charge in [-0.3, -0.25) is 4.79 Å². The minimum Gasteiger partial charge on any atom is -0.490 e. The Bertz CT molecular complexity index is 525. The number of ether oxygens (including phenoxy) is 2. The minimum atomic E-state index is 0. The van der Waals surface area contributed by atoms with Gasteiger partial charge in [0.05, 0.1) is 13.2 Å². The van der Waals surface area contributed by atoms with Gasteiger partial charge in [-0.05, 0) is 25.0 Å². The number of nitrogens with one attached hydrogen (secondary N) is 2. The van der Waals surface area contributed by atoms with Crippen molar-refractivity contribution < 1.29 is 14.3 Å². The molecule has 1 aliphatic rings. The number of benzene rings is 1. The van der Waals surface area contributed by atoms with E-state index < -0.39 is 0 Å². The summed E-state index contributed by atoms with van der Waals surface area (Å²) in [6.45, 7) is 6.38. The van der Waals surface area contributed by atoms with Gasteiger partial charge >= 0.3 is 0 Å². The lowest BCUT2D eigenvalue weighted by atomic mass is 10.2. The Morgan fingerprint density at radius 3 is 2.60 bits per heavy atom. The Balaban J connectivity index is 0.00000312. The molecule has 0 radical (unpaired) electrons. The molecule has 0 spiro atoms. The molecule has 1 aromatic rings. The van der Waals surface area contributed by atoms with Crippen LogP contribution in [0.2, 0.25) is 0 Å². The number of carbonyl (C=O) groups is 1. The SMILES string of the molecule is CCCOc1ccc(NC(=O)CC2CSCCN2)cc1OCCC.Cl. The van der Waals surface area contributed by atoms with Gasteiger partial charge in [-0.25, -0.2) is 0 Å². The number of anilines is 1. The zero-order valence-corrected chi connectivity index (χ0v) is 16.6. The van der Waals surface area contributed by atoms with Gasteiger partial charge in [-0.1, -0.05) is 13.8 Å². The summed E-state index contributed by atoms with van der Waals surface area (Å²) < 4.78 is 11.5. The van der Waals surface area contributed by atoms with Crippen molar-refractivity contribution in [2.75, 3.05) is 36.6 Å². The van der Waals surface area contributed by atoms with Crippen molar-refractivity contribution in [1.29, 1.82) is 0 Å². The first kappa shape index (κ1) is 21.9. The summed E-state index contributed by atoms with van der Waals surface area (Å²) in [4.78, 5) is 12.2. The van der Waals surface area contributed by atoms with Crippen molar-refractivity contribution in [3.05, 3.63) is 18.2 Å². The standard InChI is InChI=1S/C18H28N2O3S.ClH/c1-3-8-22-16-6-5-14(11-17(16)23-9-4-2)20-18(21)12-15-13-24-10-7-19-15;/h5-6,11,15,19H,3-4,7-10,12-13H2,1-2H3,(H,20,21);1H. The van der Waals surface area contributed by atoms with Gasteiger partial charge in [0.15, 0.2) is 11.5 Å². The van der Waals surface area contributed by atoms with Crippen molar-refractivity contribution in [3.8, 4) is 11.5 Å². The normalized spacial score (nSPS) is 16.6. The molecule has 1 fully saturated rings. The van der Waals surface area contributed by atoms with E-state index in [1.54, 1.807) is 0 Å². The van der Waals surface area contributed by atoms with Crippen LogP contribution in [0.15, 0.2) is 18.2 Å². The predicted molar refractivity (Wildman–Crippen MR) is 108 cm³/mol. The average molecular weight is 389 g/mol. The van der Waals surface area contributed by atoms with E-state index in [0.717, 1.165) is 42.3 Å². The van der Waals surface area contributed by atoms with Crippen LogP contribution in [0.3, 0.4) is 0 Å². The number of carbonyl (C=O) groups excluding carboxylic acids is 1. The largest absolute Gasteiger partial charge is 0.490 e. The molecule has 1 atom stereocenters. The third-order valence-electron chi connectivity index (χ3n) is 3.58. The molecule has 1 aliphatic heterocycles. The molecule has 7 heteroatoms. The summed E-state index contributed by atoms with van der Waals surface area (Å²) in [5.74, 6) is 3.55. The first-order valence-corrected chi connectivity index (χ1v) is 9.89. The highest BCUT2D eigenvalue weighted by Crippen LogP contribution is 2.31. The maximum atomic E-state index is 12.2. The summed E-state index contributed by atoms with van der Waals surface area (Å²) >= 11 is 1.89. The Hall–Kier alpha value is -1.11. The molecule has 2 N–H and O–H groups in total. The van der Waals surface area contributed by atoms with Crippen LogP contribution in [-0.2, 0) is 4.79 Å². The summed E-state index contributed by atoms with van der Waals surface area (Å²) in [5.41, 5.74) is 0.749. The van der Waals surface area contributed by atoms with Crippen LogP contribution in [0.25, 0.3) is 0 Å². The number of rotatable bonds is 9. The van der Waals surface area contributed by atoms with Gasteiger partial charge in [0.1, 0.15) is 0 Å². The topological polar surface area (TPSA) is 59.6 Å². The van der Waals surface area contributed by atoms with Gasteiger partial charge < -0.3 is 20.1 Å². The lowest BCUT2D eigenvalue weighted by Gasteiger charge is -2.22. The summed E-state index contributed by atoms with van der Waals surface area (Å²) in [6.07, 6.45) is 2.36. The van der Waals surface area contributed by atoms with Crippen LogP contribution in [-0.4, -0.2) is 43.2 Å². The number of halogens is 1. The lowest BCUT2D eigenvalue weighted by Crippen LogP contribution is -2.39. The molecule has 0 saturated carbocycles. The van der Waals surface area contributed by atoms with E-state index in [9.17, 15) is 4.79 Å². The molecule has 1 heterocycles. The first-order valence-electron chi connectivity index (χ1n) is 8.73. The second kappa shape index (κ2) is 12.3.